The number of aromatic carboxylic acids is 1. The van der Waals surface area contributed by atoms with E-state index in [1.807, 2.05) is 155 Å². The largest absolute Gasteiger partial charge is 0.481 e. The predicted molar refractivity (Wildman–Crippen MR) is 416 cm³/mol. The van der Waals surface area contributed by atoms with E-state index in [1.54, 1.807) is 68.4 Å². The number of hydrogen-bond donors (Lipinski definition) is 4. The zero-order valence-corrected chi connectivity index (χ0v) is 65.2. The second-order valence-electron chi connectivity index (χ2n) is 21.4. The maximum absolute atomic E-state index is 11.8. The maximum Gasteiger partial charge on any atom is 0.335 e. The summed E-state index contributed by atoms with van der Waals surface area (Å²) in [6, 6.07) is 55.8. The minimum atomic E-state index is -0.879. The number of aliphatic carboxylic acids is 1. The van der Waals surface area contributed by atoms with Gasteiger partial charge in [0.2, 0.25) is 35.2 Å². The van der Waals surface area contributed by atoms with Gasteiger partial charge in [-0.05, 0) is 64.2 Å². The lowest BCUT2D eigenvalue weighted by atomic mass is 10.2. The minimum Gasteiger partial charge on any atom is -0.481 e. The number of carboxylic acid groups (broad SMARTS) is 2. The van der Waals surface area contributed by atoms with Crippen LogP contribution in [0.4, 0.5) is 0 Å². The van der Waals surface area contributed by atoms with E-state index in [2.05, 4.69) is 176 Å². The SMILES string of the molecule is CCC.CCC.CCC.CCC.CCC.CCC.CCC(=O)O.CCC(=O)n1nnc(-c2ccccc2)n1.CCc1nn[nH]n1.CCc1nnc(-c2ccccc2)o1.CCc1nnc(-c2ccccc2)o1.CCc1nnn(C(=O)c2ccccc2)n1.O=C(O)c1ccccc1.c1ccc(-c2nn[nH]n2)cc1. The van der Waals surface area contributed by atoms with Gasteiger partial charge in [0.15, 0.2) is 11.6 Å². The van der Waals surface area contributed by atoms with Gasteiger partial charge in [-0.1, -0.05) is 311 Å². The standard InChI is InChI=1S/2C10H10N4O.2C10H10N2O.C7H6N4.C7H6O2.C3H6N4.C3H6O2.6C3H8/c1-2-9(15)14-12-10(11-13-14)8-6-4-3-5-7-8;1-2-9-11-13-14(12-9)10(15)8-6-4-3-5-7-8;2*1-2-9-11-12-10(13-9)8-6-4-3-5-7-8;1-2-4-6(5-3-1)7-8-10-11-9-7;8-7(9)6-4-2-1-3-5-6;1-2-3-4-6-7-5-3;1-2-3(4)5;6*1-3-2/h2*3-7H,2H2,1H3;2*3-7H,2H2,1H3;1-5H,(H,8,9,10,11);1-5H,(H,8,9);2H2,1H3,(H,4,5,6,7);2H2,1H3,(H,4,5);6*3H2,1-2H3. The highest BCUT2D eigenvalue weighted by Crippen LogP contribution is 2.18. The molecule has 0 unspecified atom stereocenters. The zero-order valence-electron chi connectivity index (χ0n) is 65.2. The molecule has 6 aromatic carbocycles. The molecular weight excluding hydrogens is 1340 g/mol. The van der Waals surface area contributed by atoms with Crippen LogP contribution in [-0.2, 0) is 30.5 Å². The molecule has 6 aromatic heterocycles. The van der Waals surface area contributed by atoms with Gasteiger partial charge in [0.05, 0.1) is 5.56 Å². The summed E-state index contributed by atoms with van der Waals surface area (Å²) in [7, 11) is 0. The van der Waals surface area contributed by atoms with Crippen molar-refractivity contribution in [3.63, 3.8) is 0 Å². The van der Waals surface area contributed by atoms with Crippen LogP contribution in [0, 0.1) is 0 Å². The summed E-state index contributed by atoms with van der Waals surface area (Å²) in [6.07, 6.45) is 11.2. The Morgan fingerprint density at radius 3 is 0.991 bits per heavy atom. The molecule has 0 radical (unpaired) electrons. The van der Waals surface area contributed by atoms with Crippen LogP contribution in [0.1, 0.15) is 225 Å². The lowest BCUT2D eigenvalue weighted by molar-refractivity contribution is -0.136. The molecule has 0 saturated carbocycles. The van der Waals surface area contributed by atoms with Gasteiger partial charge < -0.3 is 19.0 Å². The third-order valence-corrected chi connectivity index (χ3v) is 10.9. The lowest BCUT2D eigenvalue weighted by Crippen LogP contribution is -2.15. The number of nitrogens with one attached hydrogen (secondary N) is 2. The Labute approximate surface area is 625 Å². The molecule has 572 valence electrons. The second kappa shape index (κ2) is 65.2. The number of carbonyl (C=O) groups is 4. The maximum atomic E-state index is 11.8. The number of aromatic nitrogens is 20. The first-order chi connectivity index (χ1) is 51.4. The fourth-order valence-corrected chi connectivity index (χ4v) is 6.30. The number of nitrogens with zero attached hydrogens (tertiary/aromatic N) is 18. The minimum absolute atomic E-state index is 0.162. The number of aryl methyl sites for hydroxylation is 4. The number of H-pyrrole nitrogens is 2. The Morgan fingerprint density at radius 2 is 0.698 bits per heavy atom. The summed E-state index contributed by atoms with van der Waals surface area (Å²) in [6.45, 7) is 36.7. The van der Waals surface area contributed by atoms with Crippen molar-refractivity contribution in [2.75, 3.05) is 0 Å². The van der Waals surface area contributed by atoms with Crippen molar-refractivity contribution in [3.05, 3.63) is 217 Å². The van der Waals surface area contributed by atoms with Gasteiger partial charge in [-0.15, -0.1) is 61.2 Å². The summed E-state index contributed by atoms with van der Waals surface area (Å²) >= 11 is 0. The van der Waals surface area contributed by atoms with E-state index in [1.165, 1.54) is 38.5 Å². The van der Waals surface area contributed by atoms with Gasteiger partial charge >= 0.3 is 11.9 Å². The van der Waals surface area contributed by atoms with Gasteiger partial charge in [0.1, 0.15) is 0 Å². The normalized spacial score (nSPS) is 9.15. The zero-order chi connectivity index (χ0) is 79.4. The van der Waals surface area contributed by atoms with Gasteiger partial charge in [-0.2, -0.15) is 10.4 Å². The van der Waals surface area contributed by atoms with Crippen molar-refractivity contribution in [1.82, 2.24) is 102 Å². The molecule has 106 heavy (non-hydrogen) atoms. The van der Waals surface area contributed by atoms with Crippen molar-refractivity contribution >= 4 is 23.8 Å². The number of tetrazole rings is 4. The van der Waals surface area contributed by atoms with Crippen LogP contribution in [0.25, 0.3) is 45.7 Å². The van der Waals surface area contributed by atoms with Crippen LogP contribution in [-0.4, -0.2) is 136 Å². The lowest BCUT2D eigenvalue weighted by Gasteiger charge is -1.96. The molecule has 0 saturated heterocycles. The molecule has 12 aromatic rings. The molecule has 28 heteroatoms. The van der Waals surface area contributed by atoms with Crippen LogP contribution in [0.15, 0.2) is 191 Å². The van der Waals surface area contributed by atoms with Crippen LogP contribution >= 0.6 is 0 Å². The highest BCUT2D eigenvalue weighted by molar-refractivity contribution is 5.94. The molecule has 0 bridgehead atoms. The fourth-order valence-electron chi connectivity index (χ4n) is 6.30. The summed E-state index contributed by atoms with van der Waals surface area (Å²) < 4.78 is 10.8. The van der Waals surface area contributed by atoms with Crippen LogP contribution in [0.2, 0.25) is 0 Å². The van der Waals surface area contributed by atoms with Crippen molar-refractivity contribution in [3.8, 4) is 45.7 Å². The summed E-state index contributed by atoms with van der Waals surface area (Å²) in [4.78, 5) is 44.7. The van der Waals surface area contributed by atoms with E-state index in [0.29, 0.717) is 65.0 Å². The van der Waals surface area contributed by atoms with Gasteiger partial charge in [0, 0.05) is 66.3 Å². The summed E-state index contributed by atoms with van der Waals surface area (Å²) in [5.74, 6) is 2.93. The van der Waals surface area contributed by atoms with E-state index in [9.17, 15) is 19.2 Å². The third-order valence-electron chi connectivity index (χ3n) is 10.9. The Bertz CT molecular complexity index is 3840. The molecule has 6 heterocycles. The van der Waals surface area contributed by atoms with Crippen LogP contribution in [0.5, 0.6) is 0 Å². The molecule has 28 nitrogen and oxygen atoms in total. The smallest absolute Gasteiger partial charge is 0.335 e. The summed E-state index contributed by atoms with van der Waals surface area (Å²) in [5, 5.41) is 81.3. The summed E-state index contributed by atoms with van der Waals surface area (Å²) in [5.41, 5.74) is 4.65. The first kappa shape index (κ1) is 96.2. The Kier molecular flexibility index (Phi) is 59.2. The highest BCUT2D eigenvalue weighted by Gasteiger charge is 2.13. The van der Waals surface area contributed by atoms with E-state index in [4.69, 9.17) is 19.0 Å². The number of hydrogen-bond acceptors (Lipinski definition) is 22. The van der Waals surface area contributed by atoms with Crippen LogP contribution < -0.4 is 0 Å². The highest BCUT2D eigenvalue weighted by atomic mass is 16.4. The Morgan fingerprint density at radius 1 is 0.349 bits per heavy atom. The fraction of sp³-hybridized carbons (Fsp3) is 0.385. The molecule has 4 N–H and O–H groups in total. The molecule has 0 aliphatic rings. The number of benzene rings is 6. The molecule has 0 atom stereocenters. The van der Waals surface area contributed by atoms with E-state index in [0.717, 1.165) is 56.9 Å². The molecule has 0 aliphatic carbocycles. The molecule has 0 amide bonds. The molecule has 0 aliphatic heterocycles. The number of carboxylic acids is 2. The van der Waals surface area contributed by atoms with E-state index < -0.39 is 11.9 Å². The molecule has 12 rings (SSSR count). The topological polar surface area (TPSA) is 383 Å². The predicted octanol–water partition coefficient (Wildman–Crippen LogP) is 17.9. The number of aromatic amines is 2. The average Bonchev–Trinajstić information content (AvgIpc) is 1.78. The quantitative estimate of drug-likeness (QED) is 0.0882. The molecule has 0 spiro atoms. The van der Waals surface area contributed by atoms with Crippen molar-refractivity contribution in [2.24, 2.45) is 0 Å². The monoisotopic (exact) mass is 1460 g/mol. The molecule has 0 fully saturated rings. The Balaban J connectivity index is 0. The van der Waals surface area contributed by atoms with Crippen molar-refractivity contribution < 1.29 is 38.2 Å². The number of carbonyl (C=O) groups excluding carboxylic acids is 2. The van der Waals surface area contributed by atoms with Crippen LogP contribution in [0.3, 0.4) is 0 Å². The van der Waals surface area contributed by atoms with E-state index >= 15 is 0 Å². The molecular formula is C78H112N20O8. The average molecular weight is 1460 g/mol. The van der Waals surface area contributed by atoms with Crippen molar-refractivity contribution in [2.45, 2.75) is 202 Å². The third kappa shape index (κ3) is 45.2. The van der Waals surface area contributed by atoms with Gasteiger partial charge in [-0.3, -0.25) is 14.4 Å². The van der Waals surface area contributed by atoms with E-state index in [-0.39, 0.29) is 18.2 Å². The van der Waals surface area contributed by atoms with Gasteiger partial charge in [0.25, 0.3) is 11.8 Å². The Hall–Kier alpha value is -11.8. The van der Waals surface area contributed by atoms with Gasteiger partial charge in [-0.25, -0.2) is 4.79 Å². The first-order valence-electron chi connectivity index (χ1n) is 35.9. The second-order valence-corrected chi connectivity index (χ2v) is 21.4. The first-order valence-corrected chi connectivity index (χ1v) is 35.9. The number of rotatable bonds is 12. The van der Waals surface area contributed by atoms with Crippen molar-refractivity contribution in [1.29, 1.82) is 0 Å².